The number of halogens is 1. The molecule has 6 rings (SSSR count). The smallest absolute Gasteiger partial charge is 0.229 e. The number of carbonyl (C=O) groups excluding carboxylic acids is 3. The molecule has 4 aromatic rings. The summed E-state index contributed by atoms with van der Waals surface area (Å²) in [6.45, 7) is 6.00. The molecule has 2 aliphatic rings. The number of amides is 1. The van der Waals surface area contributed by atoms with Crippen LogP contribution in [0.1, 0.15) is 41.6 Å². The number of hydrogen-bond donors (Lipinski definition) is 1. The van der Waals surface area contributed by atoms with Gasteiger partial charge in [0, 0.05) is 48.6 Å². The fraction of sp³-hybridized carbons (Fsp3) is 0.406. The molecule has 0 saturated heterocycles. The minimum Gasteiger partial charge on any atom is -0.310 e. The van der Waals surface area contributed by atoms with Gasteiger partial charge in [-0.3, -0.25) is 19.1 Å². The lowest BCUT2D eigenvalue weighted by atomic mass is 9.86. The van der Waals surface area contributed by atoms with Crippen molar-refractivity contribution in [1.82, 2.24) is 29.6 Å². The van der Waals surface area contributed by atoms with Gasteiger partial charge in [-0.25, -0.2) is 15.0 Å². The van der Waals surface area contributed by atoms with Gasteiger partial charge in [0.15, 0.2) is 11.6 Å². The number of carbonyl (C=O) groups is 3. The zero-order chi connectivity index (χ0) is 30.6. The number of aromatic nitrogens is 5. The Morgan fingerprint density at radius 1 is 1.07 bits per heavy atom. The van der Waals surface area contributed by atoms with Crippen molar-refractivity contribution in [3.05, 3.63) is 64.4 Å². The largest absolute Gasteiger partial charge is 0.310 e. The second-order valence-electron chi connectivity index (χ2n) is 12.3. The van der Waals surface area contributed by atoms with Crippen molar-refractivity contribution >= 4 is 50.1 Å². The van der Waals surface area contributed by atoms with E-state index in [9.17, 15) is 14.4 Å². The molecular weight excluding hydrogens is 610 g/mol. The Bertz CT molecular complexity index is 1770. The van der Waals surface area contributed by atoms with Gasteiger partial charge in [-0.1, -0.05) is 12.1 Å². The van der Waals surface area contributed by atoms with E-state index in [0.717, 1.165) is 29.7 Å². The molecule has 4 atom stereocenters. The average molecular weight is 645 g/mol. The average Bonchev–Trinajstić information content (AvgIpc) is 3.35. The van der Waals surface area contributed by atoms with Crippen LogP contribution in [0.25, 0.3) is 22.0 Å². The monoisotopic (exact) mass is 643 g/mol. The van der Waals surface area contributed by atoms with Gasteiger partial charge in [-0.2, -0.15) is 5.10 Å². The maximum atomic E-state index is 14.1. The number of fused-ring (bicyclic) bond motifs is 2. The van der Waals surface area contributed by atoms with Gasteiger partial charge in [0.1, 0.15) is 28.5 Å². The molecule has 222 valence electrons. The lowest BCUT2D eigenvalue weighted by Crippen LogP contribution is -2.34. The predicted octanol–water partition coefficient (Wildman–Crippen LogP) is 4.88. The zero-order valence-corrected chi connectivity index (χ0v) is 26.5. The SMILES string of the molecule is CC(=O)c1nn(CC(=O)C2[C@H](C(=O)Nc3nc(Br)ccc3C)C[C@@]3(CN(C)C)C[C@@H]23)c2ccc(-c3cnc(C)nc3)cc12. The molecule has 0 bridgehead atoms. The minimum atomic E-state index is -0.478. The lowest BCUT2D eigenvalue weighted by molar-refractivity contribution is -0.131. The van der Waals surface area contributed by atoms with E-state index in [1.165, 1.54) is 6.92 Å². The van der Waals surface area contributed by atoms with Crippen molar-refractivity contribution in [2.45, 2.75) is 40.2 Å². The molecule has 3 heterocycles. The van der Waals surface area contributed by atoms with Crippen molar-refractivity contribution in [2.75, 3.05) is 26.0 Å². The van der Waals surface area contributed by atoms with Crippen LogP contribution in [0.2, 0.25) is 0 Å². The molecule has 0 radical (unpaired) electrons. The summed E-state index contributed by atoms with van der Waals surface area (Å²) in [7, 11) is 4.05. The molecule has 1 aromatic carbocycles. The maximum absolute atomic E-state index is 14.1. The van der Waals surface area contributed by atoms with Gasteiger partial charge in [0.05, 0.1) is 5.52 Å². The number of Topliss-reactive ketones (excluding diaryl/α,β-unsaturated/α-hetero) is 2. The number of nitrogens with one attached hydrogen (secondary N) is 1. The van der Waals surface area contributed by atoms with Crippen LogP contribution in [0.5, 0.6) is 0 Å². The Balaban J connectivity index is 1.31. The number of aryl methyl sites for hydroxylation is 2. The number of hydrogen-bond acceptors (Lipinski definition) is 8. The van der Waals surface area contributed by atoms with Crippen LogP contribution in [0, 0.1) is 37.0 Å². The molecule has 43 heavy (non-hydrogen) atoms. The highest BCUT2D eigenvalue weighted by molar-refractivity contribution is 9.10. The Morgan fingerprint density at radius 2 is 1.81 bits per heavy atom. The quantitative estimate of drug-likeness (QED) is 0.202. The summed E-state index contributed by atoms with van der Waals surface area (Å²) >= 11 is 3.38. The van der Waals surface area contributed by atoms with E-state index in [2.05, 4.69) is 46.2 Å². The van der Waals surface area contributed by atoms with E-state index < -0.39 is 11.8 Å². The Labute approximate surface area is 258 Å². The molecule has 1 unspecified atom stereocenters. The zero-order valence-electron chi connectivity index (χ0n) is 24.9. The summed E-state index contributed by atoms with van der Waals surface area (Å²) in [4.78, 5) is 55.6. The summed E-state index contributed by atoms with van der Waals surface area (Å²) in [6.07, 6.45) is 5.06. The summed E-state index contributed by atoms with van der Waals surface area (Å²) in [6, 6.07) is 9.42. The first kappa shape index (κ1) is 29.3. The summed E-state index contributed by atoms with van der Waals surface area (Å²) in [5.41, 5.74) is 3.47. The van der Waals surface area contributed by atoms with E-state index in [1.807, 2.05) is 58.3 Å². The Kier molecular flexibility index (Phi) is 7.50. The van der Waals surface area contributed by atoms with Gasteiger partial charge in [-0.05, 0) is 97.4 Å². The van der Waals surface area contributed by atoms with Crippen molar-refractivity contribution < 1.29 is 14.4 Å². The van der Waals surface area contributed by atoms with E-state index >= 15 is 0 Å². The van der Waals surface area contributed by atoms with Crippen LogP contribution < -0.4 is 5.32 Å². The lowest BCUT2D eigenvalue weighted by Gasteiger charge is -2.23. The van der Waals surface area contributed by atoms with Crippen molar-refractivity contribution in [1.29, 1.82) is 0 Å². The van der Waals surface area contributed by atoms with Crippen LogP contribution in [-0.4, -0.2) is 67.7 Å². The van der Waals surface area contributed by atoms with Crippen LogP contribution in [0.3, 0.4) is 0 Å². The molecule has 0 aliphatic heterocycles. The van der Waals surface area contributed by atoms with Crippen LogP contribution in [0.4, 0.5) is 5.82 Å². The van der Waals surface area contributed by atoms with E-state index in [-0.39, 0.29) is 35.4 Å². The molecule has 1 N–H and O–H groups in total. The third kappa shape index (κ3) is 5.51. The maximum Gasteiger partial charge on any atom is 0.229 e. The molecule has 11 heteroatoms. The standard InChI is InChI=1S/C32H34BrN7O3/c1-17-6-9-27(33)36-30(17)37-31(43)23-11-32(16-39(4)5)12-24(32)28(23)26(42)15-40-25-8-7-20(21-13-34-19(3)35-14-21)10-22(25)29(38-40)18(2)41/h6-10,13-14,23-24,28H,11-12,15-16H2,1-5H3,(H,36,37,43)/t23-,24+,28?,32+/m1/s1. The second-order valence-corrected chi connectivity index (χ2v) is 13.1. The highest BCUT2D eigenvalue weighted by atomic mass is 79.9. The Hall–Kier alpha value is -3.83. The first-order valence-electron chi connectivity index (χ1n) is 14.4. The molecule has 10 nitrogen and oxygen atoms in total. The topological polar surface area (TPSA) is 123 Å². The third-order valence-electron chi connectivity index (χ3n) is 8.89. The van der Waals surface area contributed by atoms with Crippen molar-refractivity contribution in [2.24, 2.45) is 23.2 Å². The summed E-state index contributed by atoms with van der Waals surface area (Å²) in [5.74, 6) is -0.0490. The summed E-state index contributed by atoms with van der Waals surface area (Å²) in [5, 5.41) is 8.28. The Morgan fingerprint density at radius 3 is 2.51 bits per heavy atom. The van der Waals surface area contributed by atoms with Crippen LogP contribution in [0.15, 0.2) is 47.3 Å². The van der Waals surface area contributed by atoms with Gasteiger partial charge in [-0.15, -0.1) is 0 Å². The van der Waals surface area contributed by atoms with Crippen LogP contribution in [-0.2, 0) is 16.1 Å². The van der Waals surface area contributed by atoms with Gasteiger partial charge in [0.2, 0.25) is 5.91 Å². The number of pyridine rings is 1. The molecule has 2 fully saturated rings. The molecule has 0 spiro atoms. The molecule has 2 saturated carbocycles. The third-order valence-corrected chi connectivity index (χ3v) is 9.34. The highest BCUT2D eigenvalue weighted by Crippen LogP contribution is 2.68. The fourth-order valence-corrected chi connectivity index (χ4v) is 7.23. The van der Waals surface area contributed by atoms with Gasteiger partial charge in [0.25, 0.3) is 0 Å². The number of rotatable bonds is 9. The van der Waals surface area contributed by atoms with Gasteiger partial charge < -0.3 is 10.2 Å². The summed E-state index contributed by atoms with van der Waals surface area (Å²) < 4.78 is 2.25. The van der Waals surface area contributed by atoms with Gasteiger partial charge >= 0.3 is 0 Å². The number of ketones is 2. The second kappa shape index (κ2) is 11.0. The number of nitrogens with zero attached hydrogens (tertiary/aromatic N) is 6. The highest BCUT2D eigenvalue weighted by Gasteiger charge is 2.68. The van der Waals surface area contributed by atoms with Crippen molar-refractivity contribution in [3.8, 4) is 11.1 Å². The number of anilines is 1. The predicted molar refractivity (Wildman–Crippen MR) is 167 cm³/mol. The molecular formula is C32H34BrN7O3. The van der Waals surface area contributed by atoms with E-state index in [0.29, 0.717) is 39.3 Å². The van der Waals surface area contributed by atoms with E-state index in [1.54, 1.807) is 17.1 Å². The van der Waals surface area contributed by atoms with Crippen molar-refractivity contribution in [3.63, 3.8) is 0 Å². The number of benzene rings is 1. The molecule has 3 aromatic heterocycles. The first-order valence-corrected chi connectivity index (χ1v) is 15.2. The molecule has 1 amide bonds. The van der Waals surface area contributed by atoms with E-state index in [4.69, 9.17) is 0 Å². The first-order chi connectivity index (χ1) is 20.5. The normalized spacial score (nSPS) is 22.5. The molecule has 2 aliphatic carbocycles. The minimum absolute atomic E-state index is 0.0199. The van der Waals surface area contributed by atoms with Crippen LogP contribution >= 0.6 is 15.9 Å². The fourth-order valence-electron chi connectivity index (χ4n) is 6.92.